The second kappa shape index (κ2) is 6.71. The van der Waals surface area contributed by atoms with Crippen LogP contribution in [0.15, 0.2) is 5.16 Å². The van der Waals surface area contributed by atoms with E-state index in [0.29, 0.717) is 0 Å². The molecule has 2 heterocycles. The minimum Gasteiger partial charge on any atom is -0.409 e. The second-order valence-electron chi connectivity index (χ2n) is 5.31. The summed E-state index contributed by atoms with van der Waals surface area (Å²) in [5.74, 6) is 0.845. The van der Waals surface area contributed by atoms with E-state index in [1.807, 2.05) is 6.92 Å². The molecule has 0 radical (unpaired) electrons. The molecule has 21 heavy (non-hydrogen) atoms. The molecule has 0 amide bonds. The average Bonchev–Trinajstić information content (AvgIpc) is 2.53. The third-order valence-corrected chi connectivity index (χ3v) is 3.99. The molecule has 2 rings (SSSR count). The van der Waals surface area contributed by atoms with E-state index in [9.17, 15) is 0 Å². The van der Waals surface area contributed by atoms with E-state index >= 15 is 0 Å². The molecule has 1 aliphatic heterocycles. The number of aryl methyl sites for hydroxylation is 1. The van der Waals surface area contributed by atoms with Crippen molar-refractivity contribution in [3.63, 3.8) is 0 Å². The van der Waals surface area contributed by atoms with Crippen LogP contribution in [-0.2, 0) is 12.8 Å². The van der Waals surface area contributed by atoms with E-state index in [4.69, 9.17) is 10.9 Å². The van der Waals surface area contributed by atoms with Gasteiger partial charge in [0.2, 0.25) is 0 Å². The molecule has 1 aromatic rings. The lowest BCUT2D eigenvalue weighted by Gasteiger charge is -2.34. The maximum Gasteiger partial charge on any atom is 0.174 e. The largest absolute Gasteiger partial charge is 0.409 e. The highest BCUT2D eigenvalue weighted by Gasteiger charge is 2.24. The molecule has 1 aromatic heterocycles. The molecular weight excluding hydrogens is 268 g/mol. The highest BCUT2D eigenvalue weighted by Crippen LogP contribution is 2.24. The number of piperazine rings is 1. The maximum atomic E-state index is 9.12. The van der Waals surface area contributed by atoms with Crippen molar-refractivity contribution in [2.75, 3.05) is 38.1 Å². The van der Waals surface area contributed by atoms with Crippen molar-refractivity contribution in [3.8, 4) is 0 Å². The molecule has 7 heteroatoms. The standard InChI is InChI=1S/C14H24N6O/c1-4-10-11(5-2)16-17-14(12(10)13(15)18-21)20-8-6-19(3)7-9-20/h21H,4-9H2,1-3H3,(H2,15,18). The maximum absolute atomic E-state index is 9.12. The fourth-order valence-corrected chi connectivity index (χ4v) is 2.72. The van der Waals surface area contributed by atoms with Gasteiger partial charge in [0.1, 0.15) is 0 Å². The number of hydrogen-bond acceptors (Lipinski definition) is 6. The minimum absolute atomic E-state index is 0.116. The molecule has 3 N–H and O–H groups in total. The Morgan fingerprint density at radius 3 is 2.38 bits per heavy atom. The van der Waals surface area contributed by atoms with Crippen molar-refractivity contribution in [2.45, 2.75) is 26.7 Å². The molecule has 0 aromatic carbocycles. The average molecular weight is 292 g/mol. The molecule has 0 unspecified atom stereocenters. The summed E-state index contributed by atoms with van der Waals surface area (Å²) in [6, 6.07) is 0. The predicted octanol–water partition coefficient (Wildman–Crippen LogP) is 0.448. The monoisotopic (exact) mass is 292 g/mol. The van der Waals surface area contributed by atoms with E-state index in [-0.39, 0.29) is 5.84 Å². The van der Waals surface area contributed by atoms with Crippen molar-refractivity contribution in [1.29, 1.82) is 0 Å². The summed E-state index contributed by atoms with van der Waals surface area (Å²) >= 11 is 0. The fourth-order valence-electron chi connectivity index (χ4n) is 2.72. The Balaban J connectivity index is 2.49. The quantitative estimate of drug-likeness (QED) is 0.362. The molecule has 0 bridgehead atoms. The van der Waals surface area contributed by atoms with Gasteiger partial charge in [0.25, 0.3) is 0 Å². The molecular formula is C14H24N6O. The molecule has 1 saturated heterocycles. The normalized spacial score (nSPS) is 17.3. The van der Waals surface area contributed by atoms with E-state index < -0.39 is 0 Å². The Kier molecular flexibility index (Phi) is 4.95. The fraction of sp³-hybridized carbons (Fsp3) is 0.643. The lowest BCUT2D eigenvalue weighted by Crippen LogP contribution is -2.45. The summed E-state index contributed by atoms with van der Waals surface area (Å²) in [5.41, 5.74) is 8.60. The number of likely N-dealkylation sites (N-methyl/N-ethyl adjacent to an activating group) is 1. The number of hydrogen-bond donors (Lipinski definition) is 2. The van der Waals surface area contributed by atoms with Crippen molar-refractivity contribution in [2.24, 2.45) is 10.9 Å². The van der Waals surface area contributed by atoms with Gasteiger partial charge in [-0.05, 0) is 25.5 Å². The van der Waals surface area contributed by atoms with Crippen LogP contribution in [-0.4, -0.2) is 59.4 Å². The first-order valence-corrected chi connectivity index (χ1v) is 7.42. The van der Waals surface area contributed by atoms with Crippen LogP contribution in [0.25, 0.3) is 0 Å². The lowest BCUT2D eigenvalue weighted by atomic mass is 10.0. The van der Waals surface area contributed by atoms with Crippen LogP contribution in [0.1, 0.15) is 30.7 Å². The van der Waals surface area contributed by atoms with Crippen LogP contribution >= 0.6 is 0 Å². The first-order valence-electron chi connectivity index (χ1n) is 7.42. The Morgan fingerprint density at radius 1 is 1.19 bits per heavy atom. The van der Waals surface area contributed by atoms with Crippen molar-refractivity contribution >= 4 is 11.7 Å². The number of oxime groups is 1. The highest BCUT2D eigenvalue weighted by atomic mass is 16.4. The summed E-state index contributed by atoms with van der Waals surface area (Å²) < 4.78 is 0. The third kappa shape index (κ3) is 3.07. The van der Waals surface area contributed by atoms with Gasteiger partial charge in [0, 0.05) is 26.2 Å². The Hall–Kier alpha value is -1.89. The third-order valence-electron chi connectivity index (χ3n) is 3.99. The van der Waals surface area contributed by atoms with Crippen LogP contribution < -0.4 is 10.6 Å². The van der Waals surface area contributed by atoms with E-state index in [1.54, 1.807) is 0 Å². The molecule has 116 valence electrons. The van der Waals surface area contributed by atoms with Crippen LogP contribution in [0.2, 0.25) is 0 Å². The van der Waals surface area contributed by atoms with Gasteiger partial charge < -0.3 is 20.7 Å². The topological polar surface area (TPSA) is 90.9 Å². The number of anilines is 1. The molecule has 1 fully saturated rings. The zero-order valence-corrected chi connectivity index (χ0v) is 13.0. The zero-order chi connectivity index (χ0) is 15.4. The molecule has 7 nitrogen and oxygen atoms in total. The summed E-state index contributed by atoms with van der Waals surface area (Å²) in [5, 5.41) is 21.0. The number of aromatic nitrogens is 2. The van der Waals surface area contributed by atoms with Gasteiger partial charge in [-0.25, -0.2) is 0 Å². The van der Waals surface area contributed by atoms with Crippen LogP contribution in [0.3, 0.4) is 0 Å². The Morgan fingerprint density at radius 2 is 1.86 bits per heavy atom. The van der Waals surface area contributed by atoms with Crippen molar-refractivity contribution in [1.82, 2.24) is 15.1 Å². The minimum atomic E-state index is 0.116. The van der Waals surface area contributed by atoms with E-state index in [0.717, 1.165) is 61.7 Å². The highest BCUT2D eigenvalue weighted by molar-refractivity contribution is 6.03. The number of nitrogens with two attached hydrogens (primary N) is 1. The number of nitrogens with zero attached hydrogens (tertiary/aromatic N) is 5. The SMILES string of the molecule is CCc1nnc(N2CCN(C)CC2)c(C(N)=NO)c1CC. The van der Waals surface area contributed by atoms with Gasteiger partial charge in [0.05, 0.1) is 11.3 Å². The number of amidine groups is 1. The van der Waals surface area contributed by atoms with Gasteiger partial charge in [-0.3, -0.25) is 0 Å². The first-order chi connectivity index (χ1) is 10.1. The van der Waals surface area contributed by atoms with Crippen LogP contribution in [0, 0.1) is 0 Å². The van der Waals surface area contributed by atoms with E-state index in [2.05, 4.69) is 39.1 Å². The number of rotatable bonds is 4. The summed E-state index contributed by atoms with van der Waals surface area (Å²) in [4.78, 5) is 4.44. The predicted molar refractivity (Wildman–Crippen MR) is 83.0 cm³/mol. The van der Waals surface area contributed by atoms with Crippen molar-refractivity contribution in [3.05, 3.63) is 16.8 Å². The molecule has 0 atom stereocenters. The summed E-state index contributed by atoms with van der Waals surface area (Å²) in [7, 11) is 2.10. The van der Waals surface area contributed by atoms with Gasteiger partial charge in [-0.15, -0.1) is 5.10 Å². The van der Waals surface area contributed by atoms with Gasteiger partial charge in [-0.2, -0.15) is 5.10 Å². The molecule has 1 aliphatic rings. The lowest BCUT2D eigenvalue weighted by molar-refractivity contribution is 0.311. The second-order valence-corrected chi connectivity index (χ2v) is 5.31. The van der Waals surface area contributed by atoms with Crippen LogP contribution in [0.4, 0.5) is 5.82 Å². The van der Waals surface area contributed by atoms with Gasteiger partial charge >= 0.3 is 0 Å². The summed E-state index contributed by atoms with van der Waals surface area (Å²) in [6.07, 6.45) is 1.57. The van der Waals surface area contributed by atoms with Crippen LogP contribution in [0.5, 0.6) is 0 Å². The Labute approximate surface area is 125 Å². The smallest absolute Gasteiger partial charge is 0.174 e. The molecule has 0 aliphatic carbocycles. The van der Waals surface area contributed by atoms with E-state index in [1.165, 1.54) is 0 Å². The zero-order valence-electron chi connectivity index (χ0n) is 13.0. The Bertz CT molecular complexity index is 522. The van der Waals surface area contributed by atoms with Crippen molar-refractivity contribution < 1.29 is 5.21 Å². The van der Waals surface area contributed by atoms with Gasteiger partial charge in [0.15, 0.2) is 11.7 Å². The summed E-state index contributed by atoms with van der Waals surface area (Å²) in [6.45, 7) is 7.76. The molecule has 0 spiro atoms. The molecule has 0 saturated carbocycles. The first kappa shape index (κ1) is 15.5. The van der Waals surface area contributed by atoms with Gasteiger partial charge in [-0.1, -0.05) is 19.0 Å².